The molecule has 0 radical (unpaired) electrons. The molecule has 0 saturated carbocycles. The number of fused-ring (bicyclic) bond motifs is 1. The fraction of sp³-hybridized carbons (Fsp3) is 0.308. The van der Waals surface area contributed by atoms with E-state index in [2.05, 4.69) is 12.6 Å². The second-order valence-electron chi connectivity index (χ2n) is 3.78. The van der Waals surface area contributed by atoms with E-state index in [0.717, 1.165) is 24.8 Å². The number of rotatable bonds is 2. The van der Waals surface area contributed by atoms with Gasteiger partial charge in [0.2, 0.25) is 0 Å². The van der Waals surface area contributed by atoms with Crippen LogP contribution < -0.4 is 0 Å². The molecule has 0 saturated heterocycles. The second-order valence-corrected chi connectivity index (χ2v) is 3.78. The van der Waals surface area contributed by atoms with E-state index in [-0.39, 0.29) is 5.92 Å². The Labute approximate surface area is 84.5 Å². The molecule has 1 heteroatoms. The SMILES string of the molecule is C=CC[C@H]1CCc2ccccc2C1=O. The van der Waals surface area contributed by atoms with Crippen molar-refractivity contribution in [3.63, 3.8) is 0 Å². The van der Waals surface area contributed by atoms with Gasteiger partial charge in [-0.2, -0.15) is 0 Å². The van der Waals surface area contributed by atoms with E-state index in [1.54, 1.807) is 0 Å². The molecule has 14 heavy (non-hydrogen) atoms. The van der Waals surface area contributed by atoms with Crippen molar-refractivity contribution in [2.75, 3.05) is 0 Å². The highest BCUT2D eigenvalue weighted by atomic mass is 16.1. The third-order valence-corrected chi connectivity index (χ3v) is 2.87. The molecule has 1 nitrogen and oxygen atoms in total. The molecular weight excluding hydrogens is 172 g/mol. The maximum atomic E-state index is 12.0. The number of carbonyl (C=O) groups excluding carboxylic acids is 1. The maximum Gasteiger partial charge on any atom is 0.166 e. The summed E-state index contributed by atoms with van der Waals surface area (Å²) < 4.78 is 0. The highest BCUT2D eigenvalue weighted by molar-refractivity contribution is 6.00. The van der Waals surface area contributed by atoms with Gasteiger partial charge in [-0.25, -0.2) is 0 Å². The van der Waals surface area contributed by atoms with Crippen LogP contribution in [0.1, 0.15) is 28.8 Å². The van der Waals surface area contributed by atoms with E-state index in [9.17, 15) is 4.79 Å². The van der Waals surface area contributed by atoms with Gasteiger partial charge in [0.1, 0.15) is 0 Å². The van der Waals surface area contributed by atoms with Crippen molar-refractivity contribution in [3.8, 4) is 0 Å². The minimum absolute atomic E-state index is 0.169. The van der Waals surface area contributed by atoms with Gasteiger partial charge in [0.05, 0.1) is 0 Å². The number of allylic oxidation sites excluding steroid dienone is 1. The summed E-state index contributed by atoms with van der Waals surface area (Å²) in [5, 5.41) is 0. The summed E-state index contributed by atoms with van der Waals surface area (Å²) in [4.78, 5) is 12.0. The number of carbonyl (C=O) groups is 1. The van der Waals surface area contributed by atoms with Gasteiger partial charge in [-0.15, -0.1) is 6.58 Å². The van der Waals surface area contributed by atoms with Crippen molar-refractivity contribution < 1.29 is 4.79 Å². The van der Waals surface area contributed by atoms with Gasteiger partial charge in [-0.3, -0.25) is 4.79 Å². The van der Waals surface area contributed by atoms with Crippen LogP contribution in [0.25, 0.3) is 0 Å². The van der Waals surface area contributed by atoms with Gasteiger partial charge >= 0.3 is 0 Å². The summed E-state index contributed by atoms with van der Waals surface area (Å²) in [6, 6.07) is 7.93. The van der Waals surface area contributed by atoms with Crippen LogP contribution in [-0.2, 0) is 6.42 Å². The Morgan fingerprint density at radius 2 is 2.21 bits per heavy atom. The molecule has 0 aliphatic heterocycles. The number of hydrogen-bond donors (Lipinski definition) is 0. The molecule has 0 fully saturated rings. The number of ketones is 1. The lowest BCUT2D eigenvalue weighted by Crippen LogP contribution is -2.21. The third kappa shape index (κ3) is 1.50. The maximum absolute atomic E-state index is 12.0. The summed E-state index contributed by atoms with van der Waals surface area (Å²) in [7, 11) is 0. The monoisotopic (exact) mass is 186 g/mol. The van der Waals surface area contributed by atoms with Crippen LogP contribution in [0.3, 0.4) is 0 Å². The molecule has 0 heterocycles. The Bertz CT molecular complexity index is 365. The molecule has 72 valence electrons. The molecule has 0 bridgehead atoms. The van der Waals surface area contributed by atoms with Gasteiger partial charge in [-0.1, -0.05) is 30.3 Å². The molecular formula is C13H14O. The smallest absolute Gasteiger partial charge is 0.166 e. The average Bonchev–Trinajstić information content (AvgIpc) is 2.23. The molecule has 1 aromatic rings. The van der Waals surface area contributed by atoms with Crippen molar-refractivity contribution in [1.29, 1.82) is 0 Å². The predicted molar refractivity (Wildman–Crippen MR) is 57.4 cm³/mol. The van der Waals surface area contributed by atoms with Gasteiger partial charge in [0, 0.05) is 11.5 Å². The summed E-state index contributed by atoms with van der Waals surface area (Å²) in [6.45, 7) is 3.69. The summed E-state index contributed by atoms with van der Waals surface area (Å²) in [5.41, 5.74) is 2.13. The standard InChI is InChI=1S/C13H14O/c1-2-5-11-9-8-10-6-3-4-7-12(10)13(11)14/h2-4,6-7,11H,1,5,8-9H2/t11-/m0/s1. The lowest BCUT2D eigenvalue weighted by Gasteiger charge is -2.21. The fourth-order valence-corrected chi connectivity index (χ4v) is 2.09. The molecule has 0 spiro atoms. The van der Waals surface area contributed by atoms with E-state index in [0.29, 0.717) is 5.78 Å². The highest BCUT2D eigenvalue weighted by Gasteiger charge is 2.25. The first-order valence-corrected chi connectivity index (χ1v) is 5.06. The van der Waals surface area contributed by atoms with E-state index in [1.165, 1.54) is 5.56 Å². The molecule has 1 atom stereocenters. The van der Waals surface area contributed by atoms with Crippen molar-refractivity contribution >= 4 is 5.78 Å². The zero-order chi connectivity index (χ0) is 9.97. The molecule has 0 aromatic heterocycles. The number of hydrogen-bond acceptors (Lipinski definition) is 1. The topological polar surface area (TPSA) is 17.1 Å². The van der Waals surface area contributed by atoms with Crippen LogP contribution >= 0.6 is 0 Å². The zero-order valence-corrected chi connectivity index (χ0v) is 8.20. The Kier molecular flexibility index (Phi) is 2.49. The van der Waals surface area contributed by atoms with Gasteiger partial charge < -0.3 is 0 Å². The summed E-state index contributed by atoms with van der Waals surface area (Å²) in [5.74, 6) is 0.467. The first kappa shape index (κ1) is 9.20. The van der Waals surface area contributed by atoms with Gasteiger partial charge in [0.25, 0.3) is 0 Å². The lowest BCUT2D eigenvalue weighted by molar-refractivity contribution is 0.0903. The molecule has 1 aliphatic carbocycles. The number of benzene rings is 1. The van der Waals surface area contributed by atoms with Crippen LogP contribution in [0.4, 0.5) is 0 Å². The van der Waals surface area contributed by atoms with Crippen molar-refractivity contribution in [2.24, 2.45) is 5.92 Å². The predicted octanol–water partition coefficient (Wildman–Crippen LogP) is 3.01. The Morgan fingerprint density at radius 1 is 1.43 bits per heavy atom. The summed E-state index contributed by atoms with van der Waals surface area (Å²) in [6.07, 6.45) is 4.66. The Morgan fingerprint density at radius 3 is 3.00 bits per heavy atom. The highest BCUT2D eigenvalue weighted by Crippen LogP contribution is 2.27. The van der Waals surface area contributed by atoms with Gasteiger partial charge in [-0.05, 0) is 24.8 Å². The quantitative estimate of drug-likeness (QED) is 0.649. The normalized spacial score (nSPS) is 20.3. The number of Topliss-reactive ketones (excluding diaryl/α,β-unsaturated/α-hetero) is 1. The van der Waals surface area contributed by atoms with Crippen LogP contribution in [0.15, 0.2) is 36.9 Å². The van der Waals surface area contributed by atoms with E-state index in [1.807, 2.05) is 24.3 Å². The van der Waals surface area contributed by atoms with E-state index >= 15 is 0 Å². The molecule has 0 unspecified atom stereocenters. The largest absolute Gasteiger partial charge is 0.294 e. The minimum Gasteiger partial charge on any atom is -0.294 e. The van der Waals surface area contributed by atoms with Crippen LogP contribution in [0.5, 0.6) is 0 Å². The fourth-order valence-electron chi connectivity index (χ4n) is 2.09. The number of aryl methyl sites for hydroxylation is 1. The third-order valence-electron chi connectivity index (χ3n) is 2.87. The van der Waals surface area contributed by atoms with Crippen molar-refractivity contribution in [2.45, 2.75) is 19.3 Å². The molecule has 0 amide bonds. The van der Waals surface area contributed by atoms with Crippen LogP contribution in [0.2, 0.25) is 0 Å². The molecule has 0 N–H and O–H groups in total. The van der Waals surface area contributed by atoms with Crippen molar-refractivity contribution in [1.82, 2.24) is 0 Å². The Hall–Kier alpha value is -1.37. The van der Waals surface area contributed by atoms with E-state index < -0.39 is 0 Å². The van der Waals surface area contributed by atoms with Crippen LogP contribution in [0, 0.1) is 5.92 Å². The second kappa shape index (κ2) is 3.79. The average molecular weight is 186 g/mol. The minimum atomic E-state index is 0.169. The summed E-state index contributed by atoms with van der Waals surface area (Å²) >= 11 is 0. The molecule has 1 aromatic carbocycles. The van der Waals surface area contributed by atoms with Crippen molar-refractivity contribution in [3.05, 3.63) is 48.0 Å². The van der Waals surface area contributed by atoms with Crippen LogP contribution in [-0.4, -0.2) is 5.78 Å². The Balaban J connectivity index is 2.31. The lowest BCUT2D eigenvalue weighted by atomic mass is 9.81. The zero-order valence-electron chi connectivity index (χ0n) is 8.20. The van der Waals surface area contributed by atoms with E-state index in [4.69, 9.17) is 0 Å². The molecule has 1 aliphatic rings. The first-order valence-electron chi connectivity index (χ1n) is 5.06. The molecule has 2 rings (SSSR count). The van der Waals surface area contributed by atoms with Gasteiger partial charge in [0.15, 0.2) is 5.78 Å². The first-order chi connectivity index (χ1) is 6.83.